The zero-order valence-electron chi connectivity index (χ0n) is 10.2. The Morgan fingerprint density at radius 1 is 1.35 bits per heavy atom. The predicted molar refractivity (Wildman–Crippen MR) is 70.0 cm³/mol. The molecule has 0 saturated heterocycles. The summed E-state index contributed by atoms with van der Waals surface area (Å²) in [6.07, 6.45) is 3.09. The zero-order valence-corrected chi connectivity index (χ0v) is 10.2. The monoisotopic (exact) mass is 271 g/mol. The quantitative estimate of drug-likeness (QED) is 0.572. The van der Waals surface area contributed by atoms with E-state index in [0.29, 0.717) is 23.7 Å². The van der Waals surface area contributed by atoms with Crippen molar-refractivity contribution in [1.82, 2.24) is 15.0 Å². The molecule has 0 aliphatic carbocycles. The van der Waals surface area contributed by atoms with Gasteiger partial charge in [-0.05, 0) is 12.1 Å². The van der Waals surface area contributed by atoms with E-state index in [1.807, 2.05) is 0 Å². The van der Waals surface area contributed by atoms with Crippen molar-refractivity contribution in [3.63, 3.8) is 0 Å². The number of hydrogen-bond donors (Lipinski definition) is 1. The van der Waals surface area contributed by atoms with Crippen LogP contribution in [0.1, 0.15) is 5.69 Å². The molecular weight excluding hydrogens is 262 g/mol. The predicted octanol–water partition coefficient (Wildman–Crippen LogP) is 2.14. The molecule has 0 aliphatic rings. The third kappa shape index (κ3) is 2.39. The van der Waals surface area contributed by atoms with Gasteiger partial charge in [0.05, 0.1) is 23.2 Å². The molecule has 0 unspecified atom stereocenters. The average Bonchev–Trinajstić information content (AvgIpc) is 2.88. The molecule has 1 N–H and O–H groups in total. The molecule has 20 heavy (non-hydrogen) atoms. The van der Waals surface area contributed by atoms with Crippen LogP contribution in [0, 0.1) is 10.1 Å². The van der Waals surface area contributed by atoms with Crippen LogP contribution in [0.3, 0.4) is 0 Å². The minimum Gasteiger partial charge on any atom is -0.423 e. The lowest BCUT2D eigenvalue weighted by Crippen LogP contribution is -2.01. The van der Waals surface area contributed by atoms with Crippen LogP contribution in [0.5, 0.6) is 0 Å². The van der Waals surface area contributed by atoms with Gasteiger partial charge in [0.1, 0.15) is 11.8 Å². The van der Waals surface area contributed by atoms with Gasteiger partial charge < -0.3 is 9.73 Å². The van der Waals surface area contributed by atoms with E-state index >= 15 is 0 Å². The van der Waals surface area contributed by atoms with Gasteiger partial charge in [-0.2, -0.15) is 4.98 Å². The normalized spacial score (nSPS) is 10.6. The maximum absolute atomic E-state index is 10.7. The van der Waals surface area contributed by atoms with Crippen molar-refractivity contribution in [2.24, 2.45) is 0 Å². The van der Waals surface area contributed by atoms with Gasteiger partial charge in [-0.3, -0.25) is 10.1 Å². The molecule has 8 nitrogen and oxygen atoms in total. The van der Waals surface area contributed by atoms with Crippen molar-refractivity contribution < 1.29 is 9.34 Å². The molecule has 0 radical (unpaired) electrons. The molecule has 0 aliphatic heterocycles. The summed E-state index contributed by atoms with van der Waals surface area (Å²) in [5.74, 6) is 0. The van der Waals surface area contributed by atoms with Gasteiger partial charge in [0, 0.05) is 12.3 Å². The lowest BCUT2D eigenvalue weighted by atomic mass is 10.3. The zero-order chi connectivity index (χ0) is 13.9. The summed E-state index contributed by atoms with van der Waals surface area (Å²) in [7, 11) is 0. The Morgan fingerprint density at radius 2 is 2.25 bits per heavy atom. The van der Waals surface area contributed by atoms with Crippen LogP contribution < -0.4 is 5.32 Å². The number of nitrogens with zero attached hydrogens (tertiary/aromatic N) is 4. The van der Waals surface area contributed by atoms with Gasteiger partial charge in [-0.15, -0.1) is 0 Å². The molecule has 0 saturated carbocycles. The van der Waals surface area contributed by atoms with Crippen LogP contribution in [0.15, 0.2) is 41.2 Å². The average molecular weight is 271 g/mol. The Bertz CT molecular complexity index is 756. The third-order valence-electron chi connectivity index (χ3n) is 2.65. The van der Waals surface area contributed by atoms with E-state index in [1.165, 1.54) is 18.5 Å². The highest BCUT2D eigenvalue weighted by atomic mass is 16.6. The Labute approximate surface area is 112 Å². The number of hydrogen-bond acceptors (Lipinski definition) is 7. The molecule has 0 bridgehead atoms. The second kappa shape index (κ2) is 4.92. The maximum Gasteiger partial charge on any atom is 0.296 e. The number of nitrogens with one attached hydrogen (secondary N) is 1. The molecule has 100 valence electrons. The van der Waals surface area contributed by atoms with E-state index in [4.69, 9.17) is 4.42 Å². The Hall–Kier alpha value is -3.03. The summed E-state index contributed by atoms with van der Waals surface area (Å²) >= 11 is 0. The molecule has 1 aromatic carbocycles. The van der Waals surface area contributed by atoms with Crippen molar-refractivity contribution >= 4 is 22.8 Å². The topological polar surface area (TPSA) is 107 Å². The van der Waals surface area contributed by atoms with Crippen LogP contribution >= 0.6 is 0 Å². The number of anilines is 1. The fraction of sp³-hybridized carbons (Fsp3) is 0.0833. The van der Waals surface area contributed by atoms with E-state index in [-0.39, 0.29) is 5.69 Å². The molecule has 0 amide bonds. The molecule has 3 aromatic rings. The smallest absolute Gasteiger partial charge is 0.296 e. The molecule has 2 heterocycles. The minimum absolute atomic E-state index is 0.0315. The first kappa shape index (κ1) is 12.0. The molecule has 3 rings (SSSR count). The highest BCUT2D eigenvalue weighted by Gasteiger charge is 2.11. The number of rotatable bonds is 4. The number of oxazole rings is 1. The largest absolute Gasteiger partial charge is 0.423 e. The van der Waals surface area contributed by atoms with Crippen molar-refractivity contribution in [2.45, 2.75) is 6.54 Å². The van der Waals surface area contributed by atoms with E-state index in [9.17, 15) is 10.1 Å². The number of aromatic nitrogens is 3. The molecule has 2 aromatic heterocycles. The number of nitro benzene ring substituents is 1. The van der Waals surface area contributed by atoms with Gasteiger partial charge in [-0.1, -0.05) is 0 Å². The summed E-state index contributed by atoms with van der Waals surface area (Å²) in [6.45, 7) is 0.428. The van der Waals surface area contributed by atoms with Gasteiger partial charge in [-0.25, -0.2) is 9.97 Å². The first-order valence-corrected chi connectivity index (χ1v) is 5.76. The van der Waals surface area contributed by atoms with Crippen LogP contribution in [-0.2, 0) is 6.54 Å². The highest BCUT2D eigenvalue weighted by Crippen LogP contribution is 2.23. The van der Waals surface area contributed by atoms with Crippen molar-refractivity contribution in [3.8, 4) is 0 Å². The van der Waals surface area contributed by atoms with Gasteiger partial charge in [0.25, 0.3) is 11.7 Å². The number of benzene rings is 1. The summed E-state index contributed by atoms with van der Waals surface area (Å²) in [5, 5.41) is 13.6. The molecule has 0 atom stereocenters. The first-order chi connectivity index (χ1) is 9.72. The second-order valence-corrected chi connectivity index (χ2v) is 3.98. The van der Waals surface area contributed by atoms with Crippen LogP contribution in [0.2, 0.25) is 0 Å². The van der Waals surface area contributed by atoms with Crippen LogP contribution in [0.25, 0.3) is 11.1 Å². The fourth-order valence-electron chi connectivity index (χ4n) is 1.69. The standard InChI is InChI=1S/C12H9N5O3/c18-17(19)9-1-2-10-11(5-9)20-12(16-10)14-6-8-3-4-13-7-15-8/h1-5,7H,6H2,(H,14,16). The van der Waals surface area contributed by atoms with Crippen molar-refractivity contribution in [1.29, 1.82) is 0 Å². The first-order valence-electron chi connectivity index (χ1n) is 5.76. The lowest BCUT2D eigenvalue weighted by Gasteiger charge is -1.99. The lowest BCUT2D eigenvalue weighted by molar-refractivity contribution is -0.384. The van der Waals surface area contributed by atoms with Crippen LogP contribution in [-0.4, -0.2) is 19.9 Å². The van der Waals surface area contributed by atoms with Gasteiger partial charge in [0.2, 0.25) is 0 Å². The fourth-order valence-corrected chi connectivity index (χ4v) is 1.69. The summed E-state index contributed by atoms with van der Waals surface area (Å²) in [6, 6.07) is 6.34. The number of nitro groups is 1. The van der Waals surface area contributed by atoms with Crippen molar-refractivity contribution in [3.05, 3.63) is 52.6 Å². The van der Waals surface area contributed by atoms with Gasteiger partial charge in [0.15, 0.2) is 5.58 Å². The molecule has 8 heteroatoms. The van der Waals surface area contributed by atoms with E-state index in [1.54, 1.807) is 18.3 Å². The van der Waals surface area contributed by atoms with Crippen molar-refractivity contribution in [2.75, 3.05) is 5.32 Å². The molecular formula is C12H9N5O3. The van der Waals surface area contributed by atoms with E-state index < -0.39 is 4.92 Å². The maximum atomic E-state index is 10.7. The number of non-ortho nitro benzene ring substituents is 1. The highest BCUT2D eigenvalue weighted by molar-refractivity contribution is 5.77. The SMILES string of the molecule is O=[N+]([O-])c1ccc2nc(NCc3ccncn3)oc2c1. The molecule has 0 fully saturated rings. The van der Waals surface area contributed by atoms with E-state index in [2.05, 4.69) is 20.3 Å². The summed E-state index contributed by atoms with van der Waals surface area (Å²) in [4.78, 5) is 22.3. The third-order valence-corrected chi connectivity index (χ3v) is 2.65. The molecule has 0 spiro atoms. The van der Waals surface area contributed by atoms with Gasteiger partial charge >= 0.3 is 0 Å². The number of fused-ring (bicyclic) bond motifs is 1. The minimum atomic E-state index is -0.476. The van der Waals surface area contributed by atoms with E-state index in [0.717, 1.165) is 5.69 Å². The van der Waals surface area contributed by atoms with Crippen LogP contribution in [0.4, 0.5) is 11.7 Å². The Kier molecular flexibility index (Phi) is 2.96. The Balaban J connectivity index is 1.80. The Morgan fingerprint density at radius 3 is 3.00 bits per heavy atom. The summed E-state index contributed by atoms with van der Waals surface area (Å²) in [5.41, 5.74) is 1.68. The second-order valence-electron chi connectivity index (χ2n) is 3.98. The summed E-state index contributed by atoms with van der Waals surface area (Å²) < 4.78 is 5.41.